The van der Waals surface area contributed by atoms with Crippen LogP contribution in [-0.2, 0) is 4.74 Å². The molecule has 114 valence electrons. The van der Waals surface area contributed by atoms with Gasteiger partial charge in [0.15, 0.2) is 0 Å². The molecule has 1 aliphatic rings. The number of halogens is 2. The van der Waals surface area contributed by atoms with E-state index in [1.807, 2.05) is 0 Å². The van der Waals surface area contributed by atoms with Crippen LogP contribution in [0, 0.1) is 5.82 Å². The fourth-order valence-corrected chi connectivity index (χ4v) is 2.73. The molecule has 1 amide bonds. The van der Waals surface area contributed by atoms with Crippen molar-refractivity contribution in [1.29, 1.82) is 0 Å². The predicted octanol–water partition coefficient (Wildman–Crippen LogP) is 3.69. The lowest BCUT2D eigenvalue weighted by molar-refractivity contribution is -0.0228. The van der Waals surface area contributed by atoms with Crippen LogP contribution in [0.2, 0.25) is 5.02 Å². The molecule has 0 saturated carbocycles. The summed E-state index contributed by atoms with van der Waals surface area (Å²) in [4.78, 5) is 14.3. The van der Waals surface area contributed by atoms with Gasteiger partial charge >= 0.3 is 0 Å². The van der Waals surface area contributed by atoms with Crippen LogP contribution in [0.15, 0.2) is 48.5 Å². The smallest absolute Gasteiger partial charge is 0.255 e. The lowest BCUT2D eigenvalue weighted by Gasteiger charge is -2.33. The first-order valence-corrected chi connectivity index (χ1v) is 7.44. The molecule has 22 heavy (non-hydrogen) atoms. The molecule has 1 fully saturated rings. The van der Waals surface area contributed by atoms with Crippen LogP contribution in [0.25, 0.3) is 0 Å². The zero-order valence-electron chi connectivity index (χ0n) is 11.8. The zero-order valence-corrected chi connectivity index (χ0v) is 12.6. The van der Waals surface area contributed by atoms with E-state index in [9.17, 15) is 9.18 Å². The Morgan fingerprint density at radius 2 is 1.91 bits per heavy atom. The topological polar surface area (TPSA) is 29.5 Å². The molecular formula is C17H15ClFNO2. The second-order valence-corrected chi connectivity index (χ2v) is 5.55. The van der Waals surface area contributed by atoms with Crippen molar-refractivity contribution in [2.45, 2.75) is 6.10 Å². The van der Waals surface area contributed by atoms with Crippen LogP contribution in [0.3, 0.4) is 0 Å². The van der Waals surface area contributed by atoms with Crippen molar-refractivity contribution >= 4 is 17.5 Å². The molecule has 0 aromatic heterocycles. The highest BCUT2D eigenvalue weighted by atomic mass is 35.5. The molecule has 1 atom stereocenters. The van der Waals surface area contributed by atoms with E-state index in [1.54, 1.807) is 41.3 Å². The number of hydrogen-bond acceptors (Lipinski definition) is 2. The second-order valence-electron chi connectivity index (χ2n) is 5.14. The van der Waals surface area contributed by atoms with Gasteiger partial charge < -0.3 is 9.64 Å². The molecular weight excluding hydrogens is 305 g/mol. The maximum atomic E-state index is 13.0. The molecule has 0 aliphatic carbocycles. The van der Waals surface area contributed by atoms with Crippen LogP contribution in [0.5, 0.6) is 0 Å². The van der Waals surface area contributed by atoms with Crippen LogP contribution in [-0.4, -0.2) is 30.5 Å². The van der Waals surface area contributed by atoms with Crippen molar-refractivity contribution in [2.24, 2.45) is 0 Å². The average molecular weight is 320 g/mol. The number of nitrogens with zero attached hydrogens (tertiary/aromatic N) is 1. The number of amides is 1. The quantitative estimate of drug-likeness (QED) is 0.845. The van der Waals surface area contributed by atoms with Gasteiger partial charge in [-0.3, -0.25) is 4.79 Å². The normalized spacial score (nSPS) is 18.3. The largest absolute Gasteiger partial charge is 0.370 e. The number of hydrogen-bond donors (Lipinski definition) is 0. The summed E-state index contributed by atoms with van der Waals surface area (Å²) in [5.74, 6) is -0.399. The monoisotopic (exact) mass is 319 g/mol. The standard InChI is InChI=1S/C17H15ClFNO2/c18-15-4-2-1-3-14(15)17(21)20-9-10-22-16(11-20)12-5-7-13(19)8-6-12/h1-8,16H,9-11H2. The maximum absolute atomic E-state index is 13.0. The van der Waals surface area contributed by atoms with E-state index in [1.165, 1.54) is 12.1 Å². The summed E-state index contributed by atoms with van der Waals surface area (Å²) in [6.07, 6.45) is -0.249. The fraction of sp³-hybridized carbons (Fsp3) is 0.235. The van der Waals surface area contributed by atoms with E-state index in [-0.39, 0.29) is 17.8 Å². The number of rotatable bonds is 2. The third-order valence-electron chi connectivity index (χ3n) is 3.70. The Morgan fingerprint density at radius 3 is 2.64 bits per heavy atom. The summed E-state index contributed by atoms with van der Waals surface area (Å²) in [6.45, 7) is 1.38. The molecule has 0 spiro atoms. The van der Waals surface area contributed by atoms with E-state index in [2.05, 4.69) is 0 Å². The lowest BCUT2D eigenvalue weighted by atomic mass is 10.1. The summed E-state index contributed by atoms with van der Waals surface area (Å²) in [7, 11) is 0. The van der Waals surface area contributed by atoms with Crippen LogP contribution >= 0.6 is 11.6 Å². The second kappa shape index (κ2) is 6.46. The van der Waals surface area contributed by atoms with E-state index in [0.29, 0.717) is 30.3 Å². The average Bonchev–Trinajstić information content (AvgIpc) is 2.55. The number of ether oxygens (including phenoxy) is 1. The fourth-order valence-electron chi connectivity index (χ4n) is 2.52. The Bertz CT molecular complexity index is 675. The number of carbonyl (C=O) groups is 1. The Hall–Kier alpha value is -1.91. The van der Waals surface area contributed by atoms with Crippen molar-refractivity contribution in [3.63, 3.8) is 0 Å². The molecule has 3 rings (SSSR count). The first-order chi connectivity index (χ1) is 10.6. The highest BCUT2D eigenvalue weighted by Crippen LogP contribution is 2.25. The molecule has 2 aromatic carbocycles. The molecule has 0 bridgehead atoms. The lowest BCUT2D eigenvalue weighted by Crippen LogP contribution is -2.42. The molecule has 2 aromatic rings. The van der Waals surface area contributed by atoms with E-state index in [4.69, 9.17) is 16.3 Å². The molecule has 0 N–H and O–H groups in total. The van der Waals surface area contributed by atoms with E-state index < -0.39 is 0 Å². The Kier molecular flexibility index (Phi) is 4.41. The summed E-state index contributed by atoms with van der Waals surface area (Å²) in [5.41, 5.74) is 1.35. The molecule has 1 unspecified atom stereocenters. The third-order valence-corrected chi connectivity index (χ3v) is 4.03. The summed E-state index contributed by atoms with van der Waals surface area (Å²) in [5, 5.41) is 0.442. The first kappa shape index (κ1) is 15.0. The number of morpholine rings is 1. The summed E-state index contributed by atoms with van der Waals surface area (Å²) < 4.78 is 18.7. The number of benzene rings is 2. The number of carbonyl (C=O) groups excluding carboxylic acids is 1. The molecule has 0 radical (unpaired) electrons. The van der Waals surface area contributed by atoms with Gasteiger partial charge in [-0.05, 0) is 29.8 Å². The van der Waals surface area contributed by atoms with Crippen LogP contribution in [0.1, 0.15) is 22.0 Å². The van der Waals surface area contributed by atoms with Crippen molar-refractivity contribution in [2.75, 3.05) is 19.7 Å². The van der Waals surface area contributed by atoms with Crippen molar-refractivity contribution in [3.05, 3.63) is 70.5 Å². The van der Waals surface area contributed by atoms with Gasteiger partial charge in [-0.25, -0.2) is 4.39 Å². The van der Waals surface area contributed by atoms with Gasteiger partial charge in [-0.2, -0.15) is 0 Å². The predicted molar refractivity (Wildman–Crippen MR) is 82.4 cm³/mol. The molecule has 3 nitrogen and oxygen atoms in total. The molecule has 1 aliphatic heterocycles. The minimum atomic E-state index is -0.288. The first-order valence-electron chi connectivity index (χ1n) is 7.06. The van der Waals surface area contributed by atoms with Gasteiger partial charge in [-0.15, -0.1) is 0 Å². The SMILES string of the molecule is O=C(c1ccccc1Cl)N1CCOC(c2ccc(F)cc2)C1. The Morgan fingerprint density at radius 1 is 1.18 bits per heavy atom. The van der Waals surface area contributed by atoms with Gasteiger partial charge in [0.1, 0.15) is 11.9 Å². The van der Waals surface area contributed by atoms with Gasteiger partial charge in [0.25, 0.3) is 5.91 Å². The summed E-state index contributed by atoms with van der Waals surface area (Å²) >= 11 is 6.09. The molecule has 1 saturated heterocycles. The summed E-state index contributed by atoms with van der Waals surface area (Å²) in [6, 6.07) is 13.2. The molecule has 1 heterocycles. The van der Waals surface area contributed by atoms with Gasteiger partial charge in [0.05, 0.1) is 23.7 Å². The molecule has 5 heteroatoms. The van der Waals surface area contributed by atoms with Gasteiger partial charge in [-0.1, -0.05) is 35.9 Å². The van der Waals surface area contributed by atoms with Gasteiger partial charge in [0, 0.05) is 6.54 Å². The maximum Gasteiger partial charge on any atom is 0.255 e. The Labute approximate surface area is 133 Å². The highest BCUT2D eigenvalue weighted by Gasteiger charge is 2.27. The minimum absolute atomic E-state index is 0.110. The van der Waals surface area contributed by atoms with E-state index in [0.717, 1.165) is 5.56 Å². The zero-order chi connectivity index (χ0) is 15.5. The van der Waals surface area contributed by atoms with Crippen molar-refractivity contribution < 1.29 is 13.9 Å². The van der Waals surface area contributed by atoms with Crippen molar-refractivity contribution in [1.82, 2.24) is 4.90 Å². The van der Waals surface area contributed by atoms with Crippen molar-refractivity contribution in [3.8, 4) is 0 Å². The van der Waals surface area contributed by atoms with E-state index >= 15 is 0 Å². The highest BCUT2D eigenvalue weighted by molar-refractivity contribution is 6.33. The Balaban J connectivity index is 1.77. The minimum Gasteiger partial charge on any atom is -0.370 e. The van der Waals surface area contributed by atoms with Crippen LogP contribution < -0.4 is 0 Å². The van der Waals surface area contributed by atoms with Crippen LogP contribution in [0.4, 0.5) is 4.39 Å². The van der Waals surface area contributed by atoms with Gasteiger partial charge in [0.2, 0.25) is 0 Å². The third kappa shape index (κ3) is 3.13.